The van der Waals surface area contributed by atoms with E-state index in [0.29, 0.717) is 26.4 Å². The van der Waals surface area contributed by atoms with Gasteiger partial charge in [0.15, 0.2) is 0 Å². The van der Waals surface area contributed by atoms with E-state index in [1.807, 2.05) is 18.2 Å². The number of benzene rings is 1. The summed E-state index contributed by atoms with van der Waals surface area (Å²) in [5, 5.41) is 0. The van der Waals surface area contributed by atoms with E-state index in [1.54, 1.807) is 13.2 Å². The number of ether oxygens (including phenoxy) is 5. The summed E-state index contributed by atoms with van der Waals surface area (Å²) < 4.78 is 27.4. The van der Waals surface area contributed by atoms with Gasteiger partial charge in [-0.05, 0) is 12.0 Å². The molecular weight excluding hydrogens is 296 g/mol. The summed E-state index contributed by atoms with van der Waals surface area (Å²) in [6.07, 6.45) is 2.27. The lowest BCUT2D eigenvalue weighted by Crippen LogP contribution is -2.35. The van der Waals surface area contributed by atoms with Crippen LogP contribution in [-0.4, -0.2) is 52.0 Å². The molecule has 1 aromatic rings. The van der Waals surface area contributed by atoms with Crippen molar-refractivity contribution in [2.75, 3.05) is 33.7 Å². The first-order valence-electron chi connectivity index (χ1n) is 7.93. The summed E-state index contributed by atoms with van der Waals surface area (Å²) in [6, 6.07) is 10.1. The highest BCUT2D eigenvalue weighted by molar-refractivity contribution is 5.13. The zero-order valence-corrected chi connectivity index (χ0v) is 13.7. The van der Waals surface area contributed by atoms with Crippen LogP contribution in [0.5, 0.6) is 0 Å². The van der Waals surface area contributed by atoms with Gasteiger partial charge in [-0.15, -0.1) is 6.58 Å². The fraction of sp³-hybridized carbons (Fsp3) is 0.556. The van der Waals surface area contributed by atoms with Crippen LogP contribution in [0.1, 0.15) is 12.0 Å². The molecule has 3 atom stereocenters. The summed E-state index contributed by atoms with van der Waals surface area (Å²) in [6.45, 7) is 6.59. The minimum absolute atomic E-state index is 0.0834. The van der Waals surface area contributed by atoms with E-state index in [4.69, 9.17) is 23.7 Å². The molecule has 1 heterocycles. The standard InChI is InChI=1S/C18H26O5/c1-3-16(23-14-19-2)18(17-13-22-17)21-11-7-10-20-12-15-8-5-4-6-9-15/h3-6,8-9,16-18H,1,7,10-14H2,2H3/t16-,17-,18+/m1/s1. The molecule has 0 unspecified atom stereocenters. The fourth-order valence-corrected chi connectivity index (χ4v) is 2.25. The van der Waals surface area contributed by atoms with Crippen molar-refractivity contribution in [3.63, 3.8) is 0 Å². The van der Waals surface area contributed by atoms with Crippen LogP contribution in [0, 0.1) is 0 Å². The molecule has 5 nitrogen and oxygen atoms in total. The second-order valence-electron chi connectivity index (χ2n) is 5.37. The van der Waals surface area contributed by atoms with Gasteiger partial charge in [0.1, 0.15) is 25.1 Å². The molecule has 1 aliphatic rings. The first kappa shape index (κ1) is 18.1. The molecule has 23 heavy (non-hydrogen) atoms. The summed E-state index contributed by atoms with van der Waals surface area (Å²) in [7, 11) is 1.59. The van der Waals surface area contributed by atoms with Crippen molar-refractivity contribution < 1.29 is 23.7 Å². The SMILES string of the molecule is C=C[C@@H](OCOC)[C@H](OCCCOCc1ccccc1)[C@H]1CO1. The van der Waals surface area contributed by atoms with E-state index in [1.165, 1.54) is 5.56 Å². The van der Waals surface area contributed by atoms with E-state index < -0.39 is 0 Å². The molecule has 0 saturated carbocycles. The molecule has 1 fully saturated rings. The molecule has 0 radical (unpaired) electrons. The molecule has 0 bridgehead atoms. The van der Waals surface area contributed by atoms with Crippen LogP contribution >= 0.6 is 0 Å². The maximum Gasteiger partial charge on any atom is 0.147 e. The topological polar surface area (TPSA) is 49.5 Å². The first-order chi connectivity index (χ1) is 11.3. The van der Waals surface area contributed by atoms with Crippen molar-refractivity contribution in [1.29, 1.82) is 0 Å². The average Bonchev–Trinajstić information content (AvgIpc) is 3.42. The van der Waals surface area contributed by atoms with E-state index in [-0.39, 0.29) is 25.1 Å². The first-order valence-corrected chi connectivity index (χ1v) is 7.93. The number of hydrogen-bond donors (Lipinski definition) is 0. The second kappa shape index (κ2) is 10.5. The highest BCUT2D eigenvalue weighted by Crippen LogP contribution is 2.22. The average molecular weight is 322 g/mol. The Labute approximate surface area is 138 Å². The van der Waals surface area contributed by atoms with Crippen molar-refractivity contribution >= 4 is 0 Å². The Hall–Kier alpha value is -1.24. The van der Waals surface area contributed by atoms with Crippen LogP contribution in [0.4, 0.5) is 0 Å². The molecule has 0 amide bonds. The van der Waals surface area contributed by atoms with Gasteiger partial charge in [-0.2, -0.15) is 0 Å². The van der Waals surface area contributed by atoms with Crippen LogP contribution in [-0.2, 0) is 30.3 Å². The largest absolute Gasteiger partial charge is 0.377 e. The third-order valence-electron chi connectivity index (χ3n) is 3.51. The Bertz CT molecular complexity index is 432. The Morgan fingerprint density at radius 1 is 1.26 bits per heavy atom. The van der Waals surface area contributed by atoms with Crippen LogP contribution in [0.15, 0.2) is 43.0 Å². The molecule has 1 aromatic carbocycles. The van der Waals surface area contributed by atoms with Crippen LogP contribution in [0.2, 0.25) is 0 Å². The molecule has 2 rings (SSSR count). The molecule has 1 aliphatic heterocycles. The van der Waals surface area contributed by atoms with Crippen molar-refractivity contribution in [3.8, 4) is 0 Å². The minimum atomic E-state index is -0.229. The number of epoxide rings is 1. The van der Waals surface area contributed by atoms with E-state index in [0.717, 1.165) is 6.42 Å². The van der Waals surface area contributed by atoms with Crippen molar-refractivity contribution in [2.45, 2.75) is 31.3 Å². The van der Waals surface area contributed by atoms with Gasteiger partial charge in [0.05, 0.1) is 13.2 Å². The van der Waals surface area contributed by atoms with Gasteiger partial charge < -0.3 is 23.7 Å². The predicted octanol–water partition coefficient (Wildman–Crippen LogP) is 2.55. The van der Waals surface area contributed by atoms with Crippen LogP contribution in [0.25, 0.3) is 0 Å². The van der Waals surface area contributed by atoms with Crippen LogP contribution in [0.3, 0.4) is 0 Å². The summed E-state index contributed by atoms with van der Waals surface area (Å²) in [4.78, 5) is 0. The molecule has 0 N–H and O–H groups in total. The fourth-order valence-electron chi connectivity index (χ4n) is 2.25. The lowest BCUT2D eigenvalue weighted by molar-refractivity contribution is -0.117. The van der Waals surface area contributed by atoms with Gasteiger partial charge in [0.25, 0.3) is 0 Å². The van der Waals surface area contributed by atoms with E-state index in [2.05, 4.69) is 18.7 Å². The number of methoxy groups -OCH3 is 1. The molecule has 0 spiro atoms. The van der Waals surface area contributed by atoms with E-state index in [9.17, 15) is 0 Å². The third kappa shape index (κ3) is 6.81. The Balaban J connectivity index is 1.61. The van der Waals surface area contributed by atoms with Gasteiger partial charge in [-0.25, -0.2) is 0 Å². The maximum absolute atomic E-state index is 5.91. The summed E-state index contributed by atoms with van der Waals surface area (Å²) in [5.41, 5.74) is 1.18. The Morgan fingerprint density at radius 2 is 2.04 bits per heavy atom. The minimum Gasteiger partial charge on any atom is -0.377 e. The summed E-state index contributed by atoms with van der Waals surface area (Å²) >= 11 is 0. The van der Waals surface area contributed by atoms with Crippen molar-refractivity contribution in [3.05, 3.63) is 48.6 Å². The monoisotopic (exact) mass is 322 g/mol. The van der Waals surface area contributed by atoms with Gasteiger partial charge in [0.2, 0.25) is 0 Å². The molecule has 128 valence electrons. The molecule has 1 saturated heterocycles. The van der Waals surface area contributed by atoms with Gasteiger partial charge >= 0.3 is 0 Å². The third-order valence-corrected chi connectivity index (χ3v) is 3.51. The zero-order valence-electron chi connectivity index (χ0n) is 13.7. The quantitative estimate of drug-likeness (QED) is 0.242. The summed E-state index contributed by atoms with van der Waals surface area (Å²) in [5.74, 6) is 0. The molecule has 0 aromatic heterocycles. The number of hydrogen-bond acceptors (Lipinski definition) is 5. The van der Waals surface area contributed by atoms with E-state index >= 15 is 0 Å². The smallest absolute Gasteiger partial charge is 0.147 e. The second-order valence-corrected chi connectivity index (χ2v) is 5.37. The maximum atomic E-state index is 5.91. The molecule has 5 heteroatoms. The van der Waals surface area contributed by atoms with Crippen molar-refractivity contribution in [2.24, 2.45) is 0 Å². The van der Waals surface area contributed by atoms with Gasteiger partial charge in [0, 0.05) is 20.3 Å². The zero-order chi connectivity index (χ0) is 16.3. The van der Waals surface area contributed by atoms with Gasteiger partial charge in [-0.3, -0.25) is 0 Å². The Kier molecular flexibility index (Phi) is 8.28. The lowest BCUT2D eigenvalue weighted by Gasteiger charge is -2.23. The van der Waals surface area contributed by atoms with Crippen LogP contribution < -0.4 is 0 Å². The Morgan fingerprint density at radius 3 is 2.70 bits per heavy atom. The lowest BCUT2D eigenvalue weighted by atomic mass is 10.1. The van der Waals surface area contributed by atoms with Gasteiger partial charge in [-0.1, -0.05) is 36.4 Å². The predicted molar refractivity (Wildman–Crippen MR) is 87.1 cm³/mol. The molecule has 0 aliphatic carbocycles. The molecular formula is C18H26O5. The highest BCUT2D eigenvalue weighted by Gasteiger charge is 2.38. The normalized spacial score (nSPS) is 19.3. The van der Waals surface area contributed by atoms with Crippen molar-refractivity contribution in [1.82, 2.24) is 0 Å². The number of rotatable bonds is 13. The highest BCUT2D eigenvalue weighted by atomic mass is 16.7.